The standard InChI is InChI=1S/C13H13BrN2O4S2/c1-19-10-6-5-9(12(14)13(10)20-2)8-15-16-22(17,18)11-4-3-7-21-11/h3-8,16H,1-2H3/b15-8+. The Kier molecular flexibility index (Phi) is 5.43. The summed E-state index contributed by atoms with van der Waals surface area (Å²) >= 11 is 4.50. The molecule has 2 rings (SSSR count). The lowest BCUT2D eigenvalue weighted by Crippen LogP contribution is -2.17. The van der Waals surface area contributed by atoms with E-state index in [9.17, 15) is 8.42 Å². The van der Waals surface area contributed by atoms with Crippen LogP contribution < -0.4 is 14.3 Å². The fraction of sp³-hybridized carbons (Fsp3) is 0.154. The number of benzene rings is 1. The number of hydrazone groups is 1. The van der Waals surface area contributed by atoms with Crippen LogP contribution in [0.4, 0.5) is 0 Å². The fourth-order valence-corrected chi connectivity index (χ4v) is 4.00. The Morgan fingerprint density at radius 2 is 2.05 bits per heavy atom. The number of ether oxygens (including phenoxy) is 2. The molecule has 0 atom stereocenters. The first-order valence-corrected chi connectivity index (χ1v) is 9.14. The maximum absolute atomic E-state index is 11.9. The van der Waals surface area contributed by atoms with Gasteiger partial charge in [-0.25, -0.2) is 0 Å². The topological polar surface area (TPSA) is 77.0 Å². The first kappa shape index (κ1) is 16.8. The summed E-state index contributed by atoms with van der Waals surface area (Å²) in [4.78, 5) is 2.16. The molecule has 0 amide bonds. The van der Waals surface area contributed by atoms with E-state index in [1.807, 2.05) is 0 Å². The molecule has 2 aromatic rings. The van der Waals surface area contributed by atoms with E-state index in [1.165, 1.54) is 26.5 Å². The third kappa shape index (κ3) is 3.60. The molecule has 0 bridgehead atoms. The summed E-state index contributed by atoms with van der Waals surface area (Å²) in [6.45, 7) is 0. The molecule has 0 fully saturated rings. The molecule has 1 heterocycles. The van der Waals surface area contributed by atoms with Gasteiger partial charge in [-0.15, -0.1) is 11.3 Å². The highest BCUT2D eigenvalue weighted by atomic mass is 79.9. The predicted molar refractivity (Wildman–Crippen MR) is 89.5 cm³/mol. The van der Waals surface area contributed by atoms with Crippen LogP contribution in [-0.4, -0.2) is 28.9 Å². The number of hydrogen-bond acceptors (Lipinski definition) is 6. The van der Waals surface area contributed by atoms with E-state index in [0.717, 1.165) is 11.3 Å². The van der Waals surface area contributed by atoms with Crippen molar-refractivity contribution in [2.45, 2.75) is 4.21 Å². The molecule has 118 valence electrons. The van der Waals surface area contributed by atoms with Gasteiger partial charge in [-0.3, -0.25) is 0 Å². The highest BCUT2D eigenvalue weighted by Gasteiger charge is 2.14. The smallest absolute Gasteiger partial charge is 0.286 e. The Bertz CT molecular complexity index is 774. The Labute approximate surface area is 140 Å². The summed E-state index contributed by atoms with van der Waals surface area (Å²) in [5.41, 5.74) is 0.645. The van der Waals surface area contributed by atoms with Crippen LogP contribution in [0.5, 0.6) is 11.5 Å². The van der Waals surface area contributed by atoms with Gasteiger partial charge in [-0.2, -0.15) is 18.4 Å². The Balaban J connectivity index is 2.21. The average molecular weight is 405 g/mol. The van der Waals surface area contributed by atoms with Gasteiger partial charge in [0.15, 0.2) is 11.5 Å². The summed E-state index contributed by atoms with van der Waals surface area (Å²) < 4.78 is 35.1. The van der Waals surface area contributed by atoms with Crippen LogP contribution in [0.3, 0.4) is 0 Å². The Morgan fingerprint density at radius 3 is 2.64 bits per heavy atom. The molecule has 0 radical (unpaired) electrons. The Hall–Kier alpha value is -1.58. The first-order chi connectivity index (χ1) is 10.5. The molecule has 1 N–H and O–H groups in total. The minimum absolute atomic E-state index is 0.205. The summed E-state index contributed by atoms with van der Waals surface area (Å²) in [5.74, 6) is 1.07. The normalized spacial score (nSPS) is 11.6. The number of sulfonamides is 1. The molecule has 9 heteroatoms. The Morgan fingerprint density at radius 1 is 1.27 bits per heavy atom. The van der Waals surface area contributed by atoms with Crippen molar-refractivity contribution in [1.29, 1.82) is 0 Å². The molecule has 0 spiro atoms. The van der Waals surface area contributed by atoms with Crippen molar-refractivity contribution in [3.05, 3.63) is 39.7 Å². The zero-order chi connectivity index (χ0) is 16.2. The van der Waals surface area contributed by atoms with Gasteiger partial charge in [-0.05, 0) is 39.5 Å². The molecule has 22 heavy (non-hydrogen) atoms. The number of methoxy groups -OCH3 is 2. The molecule has 0 saturated heterocycles. The van der Waals surface area contributed by atoms with Crippen molar-refractivity contribution in [2.75, 3.05) is 14.2 Å². The molecule has 1 aromatic heterocycles. The average Bonchev–Trinajstić information content (AvgIpc) is 3.03. The number of halogens is 1. The summed E-state index contributed by atoms with van der Waals surface area (Å²) in [6, 6.07) is 6.61. The van der Waals surface area contributed by atoms with Gasteiger partial charge in [0, 0.05) is 5.56 Å². The van der Waals surface area contributed by atoms with Gasteiger partial charge in [-0.1, -0.05) is 6.07 Å². The third-order valence-electron chi connectivity index (χ3n) is 2.65. The molecular weight excluding hydrogens is 392 g/mol. The quantitative estimate of drug-likeness (QED) is 0.592. The monoisotopic (exact) mass is 404 g/mol. The van der Waals surface area contributed by atoms with Gasteiger partial charge < -0.3 is 9.47 Å². The van der Waals surface area contributed by atoms with Gasteiger partial charge in [0.2, 0.25) is 0 Å². The molecule has 1 aromatic carbocycles. The zero-order valence-corrected chi connectivity index (χ0v) is 15.0. The van der Waals surface area contributed by atoms with Crippen LogP contribution in [0.1, 0.15) is 5.56 Å². The second kappa shape index (κ2) is 7.12. The van der Waals surface area contributed by atoms with Crippen molar-refractivity contribution >= 4 is 43.5 Å². The van der Waals surface area contributed by atoms with Gasteiger partial charge in [0.05, 0.1) is 24.9 Å². The zero-order valence-electron chi connectivity index (χ0n) is 11.7. The van der Waals surface area contributed by atoms with Gasteiger partial charge in [0.1, 0.15) is 4.21 Å². The molecular formula is C13H13BrN2O4S2. The van der Waals surface area contributed by atoms with Gasteiger partial charge >= 0.3 is 0 Å². The molecule has 0 saturated carbocycles. The van der Waals surface area contributed by atoms with Crippen LogP contribution >= 0.6 is 27.3 Å². The molecule has 6 nitrogen and oxygen atoms in total. The van der Waals surface area contributed by atoms with Crippen LogP contribution in [0.2, 0.25) is 0 Å². The van der Waals surface area contributed by atoms with Crippen molar-refractivity contribution in [1.82, 2.24) is 4.83 Å². The number of thiophene rings is 1. The second-order valence-corrected chi connectivity index (χ2v) is 7.62. The van der Waals surface area contributed by atoms with Crippen molar-refractivity contribution < 1.29 is 17.9 Å². The number of nitrogens with zero attached hydrogens (tertiary/aromatic N) is 1. The highest BCUT2D eigenvalue weighted by Crippen LogP contribution is 2.36. The number of hydrogen-bond donors (Lipinski definition) is 1. The van der Waals surface area contributed by atoms with E-state index in [0.29, 0.717) is 21.5 Å². The van der Waals surface area contributed by atoms with E-state index in [2.05, 4.69) is 25.9 Å². The first-order valence-electron chi connectivity index (χ1n) is 5.98. The molecule has 0 aliphatic rings. The van der Waals surface area contributed by atoms with E-state index in [4.69, 9.17) is 9.47 Å². The molecule has 0 aliphatic heterocycles. The number of rotatable bonds is 6. The minimum Gasteiger partial charge on any atom is -0.493 e. The summed E-state index contributed by atoms with van der Waals surface area (Å²) in [5, 5.41) is 5.46. The molecule has 0 unspecified atom stereocenters. The minimum atomic E-state index is -3.63. The van der Waals surface area contributed by atoms with Crippen LogP contribution in [0, 0.1) is 0 Å². The van der Waals surface area contributed by atoms with Crippen molar-refractivity contribution in [3.8, 4) is 11.5 Å². The van der Waals surface area contributed by atoms with Crippen LogP contribution in [0.25, 0.3) is 0 Å². The van der Waals surface area contributed by atoms with Crippen molar-refractivity contribution in [2.24, 2.45) is 5.10 Å². The summed E-state index contributed by atoms with van der Waals surface area (Å²) in [7, 11) is -0.577. The fourth-order valence-electron chi connectivity index (χ4n) is 1.63. The second-order valence-electron chi connectivity index (χ2n) is 3.99. The predicted octanol–water partition coefficient (Wildman–Crippen LogP) is 2.84. The van der Waals surface area contributed by atoms with E-state index in [1.54, 1.807) is 23.6 Å². The van der Waals surface area contributed by atoms with E-state index >= 15 is 0 Å². The number of nitrogens with one attached hydrogen (secondary N) is 1. The molecule has 0 aliphatic carbocycles. The lowest BCUT2D eigenvalue weighted by molar-refractivity contribution is 0.353. The lowest BCUT2D eigenvalue weighted by atomic mass is 10.2. The largest absolute Gasteiger partial charge is 0.493 e. The lowest BCUT2D eigenvalue weighted by Gasteiger charge is -2.10. The maximum atomic E-state index is 11.9. The third-order valence-corrected chi connectivity index (χ3v) is 6.09. The maximum Gasteiger partial charge on any atom is 0.286 e. The van der Waals surface area contributed by atoms with Crippen LogP contribution in [-0.2, 0) is 10.0 Å². The van der Waals surface area contributed by atoms with Crippen LogP contribution in [0.15, 0.2) is 43.4 Å². The van der Waals surface area contributed by atoms with Crippen molar-refractivity contribution in [3.63, 3.8) is 0 Å². The van der Waals surface area contributed by atoms with Gasteiger partial charge in [0.25, 0.3) is 10.0 Å². The SMILES string of the molecule is COc1ccc(/C=N/NS(=O)(=O)c2cccs2)c(Br)c1OC. The van der Waals surface area contributed by atoms with E-state index in [-0.39, 0.29) is 4.21 Å². The highest BCUT2D eigenvalue weighted by molar-refractivity contribution is 9.10. The summed E-state index contributed by atoms with van der Waals surface area (Å²) in [6.07, 6.45) is 1.39. The van der Waals surface area contributed by atoms with E-state index < -0.39 is 10.0 Å².